The maximum atomic E-state index is 12.3. The number of rotatable bonds is 6. The number of nitrogens with zero attached hydrogens (tertiary/aromatic N) is 2. The molecule has 29 heavy (non-hydrogen) atoms. The van der Waals surface area contributed by atoms with Crippen molar-refractivity contribution in [1.29, 1.82) is 0 Å². The van der Waals surface area contributed by atoms with Crippen LogP contribution in [0.3, 0.4) is 0 Å². The van der Waals surface area contributed by atoms with E-state index in [1.54, 1.807) is 21.9 Å². The van der Waals surface area contributed by atoms with Gasteiger partial charge in [-0.3, -0.25) is 14.5 Å². The van der Waals surface area contributed by atoms with Gasteiger partial charge < -0.3 is 9.64 Å². The van der Waals surface area contributed by atoms with Gasteiger partial charge in [-0.25, -0.2) is 4.79 Å². The molecule has 0 radical (unpaired) electrons. The highest BCUT2D eigenvalue weighted by atomic mass is 35.5. The van der Waals surface area contributed by atoms with E-state index in [-0.39, 0.29) is 17.8 Å². The summed E-state index contributed by atoms with van der Waals surface area (Å²) < 4.78 is 6.02. The van der Waals surface area contributed by atoms with E-state index in [2.05, 4.69) is 0 Å². The van der Waals surface area contributed by atoms with Crippen molar-refractivity contribution in [3.8, 4) is 0 Å². The Bertz CT molecular complexity index is 927. The molecule has 2 aliphatic rings. The van der Waals surface area contributed by atoms with Gasteiger partial charge in [-0.2, -0.15) is 0 Å². The van der Waals surface area contributed by atoms with Crippen LogP contribution < -0.4 is 9.80 Å². The second-order valence-corrected chi connectivity index (χ2v) is 8.92. The summed E-state index contributed by atoms with van der Waals surface area (Å²) in [5.74, 6) is 0.147. The van der Waals surface area contributed by atoms with Crippen molar-refractivity contribution < 1.29 is 19.1 Å². The lowest BCUT2D eigenvalue weighted by atomic mass is 10.1. The van der Waals surface area contributed by atoms with E-state index in [0.29, 0.717) is 35.0 Å². The zero-order chi connectivity index (χ0) is 20.4. The summed E-state index contributed by atoms with van der Waals surface area (Å²) in [7, 11) is 0. The Morgan fingerprint density at radius 3 is 2.45 bits per heavy atom. The number of piperidine rings is 1. The Labute approximate surface area is 178 Å². The summed E-state index contributed by atoms with van der Waals surface area (Å²) in [6, 6.07) is 10.8. The Morgan fingerprint density at radius 1 is 1.07 bits per heavy atom. The normalized spacial score (nSPS) is 19.6. The Hall–Kier alpha value is -2.38. The molecule has 0 bridgehead atoms. The minimum atomic E-state index is -0.414. The molecule has 0 spiro atoms. The maximum Gasteiger partial charge on any atom is 0.414 e. The average molecular weight is 433 g/mol. The number of Topliss-reactive ketones (excluding diaryl/α,β-unsaturated/α-hetero) is 1. The van der Waals surface area contributed by atoms with Crippen LogP contribution >= 0.6 is 22.9 Å². The third kappa shape index (κ3) is 4.46. The van der Waals surface area contributed by atoms with E-state index < -0.39 is 6.09 Å². The minimum Gasteiger partial charge on any atom is -0.444 e. The van der Waals surface area contributed by atoms with E-state index in [1.807, 2.05) is 24.3 Å². The lowest BCUT2D eigenvalue weighted by molar-refractivity contribution is -0.119. The molecule has 6 nitrogen and oxygen atoms in total. The van der Waals surface area contributed by atoms with Crippen LogP contribution in [0, 0.1) is 0 Å². The van der Waals surface area contributed by atoms with Gasteiger partial charge in [-0.15, -0.1) is 11.3 Å². The molecule has 3 heterocycles. The molecule has 2 saturated heterocycles. The van der Waals surface area contributed by atoms with Crippen molar-refractivity contribution in [3.63, 3.8) is 0 Å². The number of hydrogen-bond acceptors (Lipinski definition) is 5. The van der Waals surface area contributed by atoms with Crippen LogP contribution in [-0.4, -0.2) is 37.0 Å². The fourth-order valence-corrected chi connectivity index (χ4v) is 4.66. The zero-order valence-corrected chi connectivity index (χ0v) is 17.4. The zero-order valence-electron chi connectivity index (χ0n) is 15.8. The van der Waals surface area contributed by atoms with Gasteiger partial charge in [0.15, 0.2) is 5.78 Å². The Balaban J connectivity index is 1.35. The molecule has 0 aliphatic carbocycles. The maximum absolute atomic E-state index is 12.3. The van der Waals surface area contributed by atoms with Gasteiger partial charge >= 0.3 is 6.09 Å². The number of anilines is 2. The quantitative estimate of drug-likeness (QED) is 0.608. The first kappa shape index (κ1) is 19.9. The molecular formula is C21H21ClN2O4S. The summed E-state index contributed by atoms with van der Waals surface area (Å²) in [5, 5.41) is 0. The van der Waals surface area contributed by atoms with E-state index >= 15 is 0 Å². The molecular weight excluding hydrogens is 412 g/mol. The number of hydrogen-bond donors (Lipinski definition) is 0. The second-order valence-electron chi connectivity index (χ2n) is 7.20. The van der Waals surface area contributed by atoms with E-state index in [1.165, 1.54) is 11.3 Å². The van der Waals surface area contributed by atoms with Crippen molar-refractivity contribution in [3.05, 3.63) is 45.6 Å². The SMILES string of the molecule is O=C(CC[C@H]1CN(c2ccc(N3CCCCC3=O)cc2)C(=O)O1)c1ccc(Cl)s1. The highest BCUT2D eigenvalue weighted by Gasteiger charge is 2.32. The van der Waals surface area contributed by atoms with Gasteiger partial charge in [0.2, 0.25) is 5.91 Å². The lowest BCUT2D eigenvalue weighted by Gasteiger charge is -2.27. The molecule has 1 atom stereocenters. The number of amides is 2. The number of halogens is 1. The molecule has 0 saturated carbocycles. The first-order chi connectivity index (χ1) is 14.0. The number of carbonyl (C=O) groups excluding carboxylic acids is 3. The van der Waals surface area contributed by atoms with Crippen molar-refractivity contribution >= 4 is 52.1 Å². The number of carbonyl (C=O) groups is 3. The van der Waals surface area contributed by atoms with Gasteiger partial charge in [-0.05, 0) is 55.7 Å². The Kier molecular flexibility index (Phi) is 5.87. The number of cyclic esters (lactones) is 1. The van der Waals surface area contributed by atoms with Crippen LogP contribution in [0.4, 0.5) is 16.2 Å². The molecule has 2 amide bonds. The fourth-order valence-electron chi connectivity index (χ4n) is 3.65. The molecule has 1 aromatic carbocycles. The van der Waals surface area contributed by atoms with Crippen LogP contribution in [0.15, 0.2) is 36.4 Å². The molecule has 2 aromatic rings. The highest BCUT2D eigenvalue weighted by Crippen LogP contribution is 2.28. The molecule has 0 N–H and O–H groups in total. The van der Waals surface area contributed by atoms with Gasteiger partial charge in [0.1, 0.15) is 6.10 Å². The van der Waals surface area contributed by atoms with E-state index in [9.17, 15) is 14.4 Å². The fraction of sp³-hybridized carbons (Fsp3) is 0.381. The van der Waals surface area contributed by atoms with E-state index in [4.69, 9.17) is 16.3 Å². The van der Waals surface area contributed by atoms with Crippen molar-refractivity contribution in [1.82, 2.24) is 0 Å². The summed E-state index contributed by atoms with van der Waals surface area (Å²) >= 11 is 7.13. The van der Waals surface area contributed by atoms with Gasteiger partial charge in [-0.1, -0.05) is 11.6 Å². The summed E-state index contributed by atoms with van der Waals surface area (Å²) in [4.78, 5) is 40.6. The standard InChI is InChI=1S/C21H21ClN2O4S/c22-19-11-10-18(29-19)17(25)9-8-16-13-24(21(27)28-16)15-6-4-14(5-7-15)23-12-2-1-3-20(23)26/h4-7,10-11,16H,1-3,8-9,12-13H2/t16-/m0/s1. The third-order valence-corrected chi connectivity index (χ3v) is 6.48. The average Bonchev–Trinajstić information content (AvgIpc) is 3.32. The Morgan fingerprint density at radius 2 is 1.79 bits per heavy atom. The predicted octanol–water partition coefficient (Wildman–Crippen LogP) is 4.91. The molecule has 0 unspecified atom stereocenters. The van der Waals surface area contributed by atoms with Gasteiger partial charge in [0.25, 0.3) is 0 Å². The van der Waals surface area contributed by atoms with Gasteiger partial charge in [0, 0.05) is 30.8 Å². The first-order valence-corrected chi connectivity index (χ1v) is 10.9. The van der Waals surface area contributed by atoms with Crippen LogP contribution in [0.2, 0.25) is 4.34 Å². The monoisotopic (exact) mass is 432 g/mol. The van der Waals surface area contributed by atoms with Crippen molar-refractivity contribution in [2.45, 2.75) is 38.2 Å². The van der Waals surface area contributed by atoms with Crippen LogP contribution in [0.1, 0.15) is 41.8 Å². The smallest absolute Gasteiger partial charge is 0.414 e. The minimum absolute atomic E-state index is 0.00644. The summed E-state index contributed by atoms with van der Waals surface area (Å²) in [6.45, 7) is 1.13. The summed E-state index contributed by atoms with van der Waals surface area (Å²) in [6.07, 6.45) is 2.56. The number of ether oxygens (including phenoxy) is 1. The molecule has 1 aromatic heterocycles. The summed E-state index contributed by atoms with van der Waals surface area (Å²) in [5.41, 5.74) is 1.57. The lowest BCUT2D eigenvalue weighted by Crippen LogP contribution is -2.35. The molecule has 4 rings (SSSR count). The second kappa shape index (κ2) is 8.55. The molecule has 2 aliphatic heterocycles. The predicted molar refractivity (Wildman–Crippen MR) is 113 cm³/mol. The number of benzene rings is 1. The number of thiophene rings is 1. The first-order valence-electron chi connectivity index (χ1n) is 9.68. The van der Waals surface area contributed by atoms with Gasteiger partial charge in [0.05, 0.1) is 15.8 Å². The van der Waals surface area contributed by atoms with Crippen LogP contribution in [-0.2, 0) is 9.53 Å². The van der Waals surface area contributed by atoms with Crippen molar-refractivity contribution in [2.75, 3.05) is 22.9 Å². The largest absolute Gasteiger partial charge is 0.444 e. The topological polar surface area (TPSA) is 66.9 Å². The van der Waals surface area contributed by atoms with Crippen LogP contribution in [0.25, 0.3) is 0 Å². The molecule has 8 heteroatoms. The number of ketones is 1. The highest BCUT2D eigenvalue weighted by molar-refractivity contribution is 7.18. The molecule has 152 valence electrons. The third-order valence-electron chi connectivity index (χ3n) is 5.21. The van der Waals surface area contributed by atoms with Crippen molar-refractivity contribution in [2.24, 2.45) is 0 Å². The van der Waals surface area contributed by atoms with E-state index in [0.717, 1.165) is 30.8 Å². The molecule has 2 fully saturated rings. The van der Waals surface area contributed by atoms with Crippen LogP contribution in [0.5, 0.6) is 0 Å².